The Morgan fingerprint density at radius 1 is 0.500 bits per heavy atom. The summed E-state index contributed by atoms with van der Waals surface area (Å²) in [5.41, 5.74) is 23.7. The lowest BCUT2D eigenvalue weighted by atomic mass is 9.45. The maximum absolute atomic E-state index is 5.25. The molecule has 14 rings (SSSR count). The summed E-state index contributed by atoms with van der Waals surface area (Å²) < 4.78 is 7.54. The van der Waals surface area contributed by atoms with Crippen LogP contribution in [0.15, 0.2) is 193 Å². The van der Waals surface area contributed by atoms with Gasteiger partial charge in [0, 0.05) is 66.6 Å². The zero-order valence-electron chi connectivity index (χ0n) is 39.3. The standard InChI is InChI=1S/C63H50BN4/c1-62(2,3)41-30-33-54-48(34-41)49-35-42(63(4,5)6)36-50-57-56(39-18-9-7-10-19-39)47(38-28-31-43(32-29-38)68-59(40-20-11-8-12-21-40)46-23-13-15-26-52(46)65-68)37-55-58(57)64(67(54)60(49)50)51-25-17-24-45-44-22-14-16-27-53(44)66(55)61(45)51/h7-37,59H,1-6H3/q+1. The van der Waals surface area contributed by atoms with Gasteiger partial charge in [0.05, 0.1) is 16.6 Å². The number of aromatic nitrogens is 2. The van der Waals surface area contributed by atoms with Gasteiger partial charge in [0.2, 0.25) is 11.7 Å². The van der Waals surface area contributed by atoms with Gasteiger partial charge in [-0.05, 0) is 121 Å². The zero-order chi connectivity index (χ0) is 45.8. The molecule has 0 saturated carbocycles. The molecule has 0 bridgehead atoms. The van der Waals surface area contributed by atoms with Gasteiger partial charge in [-0.3, -0.25) is 0 Å². The Kier molecular flexibility index (Phi) is 8.06. The van der Waals surface area contributed by atoms with E-state index in [0.717, 1.165) is 11.4 Å². The summed E-state index contributed by atoms with van der Waals surface area (Å²) >= 11 is 0. The highest BCUT2D eigenvalue weighted by atomic mass is 15.3. The van der Waals surface area contributed by atoms with Crippen LogP contribution in [0.25, 0.3) is 82.7 Å². The number of hydrogen-bond donors (Lipinski definition) is 0. The molecule has 0 N–H and O–H groups in total. The van der Waals surface area contributed by atoms with E-state index >= 15 is 0 Å². The SMILES string of the molecule is CC(C)(C)c1ccc2c(c1)c1cc(C(C)(C)C)cc3c1n2B1c2c(cc(-c4ccc([N+]5=Nc6ccccc6C5c5ccccc5)cc4)c(-c4ccccc4)c2-3)-n2c3ccccc3c3cccc1c32. The van der Waals surface area contributed by atoms with Crippen LogP contribution in [-0.4, -0.2) is 20.6 Å². The predicted octanol–water partition coefficient (Wildman–Crippen LogP) is 15.3. The van der Waals surface area contributed by atoms with Crippen molar-refractivity contribution in [1.82, 2.24) is 9.05 Å². The second-order valence-corrected chi connectivity index (χ2v) is 21.4. The van der Waals surface area contributed by atoms with E-state index in [1.165, 1.54) is 116 Å². The summed E-state index contributed by atoms with van der Waals surface area (Å²) in [5.74, 6) is 0. The van der Waals surface area contributed by atoms with E-state index in [-0.39, 0.29) is 23.7 Å². The molecule has 0 saturated heterocycles. The molecule has 0 spiro atoms. The Morgan fingerprint density at radius 2 is 1.19 bits per heavy atom. The second kappa shape index (κ2) is 13.9. The van der Waals surface area contributed by atoms with Crippen LogP contribution < -0.4 is 10.9 Å². The van der Waals surface area contributed by atoms with E-state index < -0.39 is 0 Å². The van der Waals surface area contributed by atoms with Crippen molar-refractivity contribution in [3.63, 3.8) is 0 Å². The van der Waals surface area contributed by atoms with E-state index in [9.17, 15) is 0 Å². The van der Waals surface area contributed by atoms with Crippen LogP contribution in [0.2, 0.25) is 0 Å². The fraction of sp³-hybridized carbons (Fsp3) is 0.143. The first-order valence-electron chi connectivity index (χ1n) is 24.2. The first-order chi connectivity index (χ1) is 33.0. The molecule has 2 aromatic heterocycles. The maximum Gasteiger partial charge on any atom is 0.333 e. The third-order valence-electron chi connectivity index (χ3n) is 15.3. The first kappa shape index (κ1) is 39.4. The van der Waals surface area contributed by atoms with Crippen LogP contribution in [-0.2, 0) is 10.8 Å². The summed E-state index contributed by atoms with van der Waals surface area (Å²) in [4.78, 5) is 0. The van der Waals surface area contributed by atoms with Crippen molar-refractivity contribution in [2.24, 2.45) is 5.11 Å². The number of azo groups is 2. The third-order valence-corrected chi connectivity index (χ3v) is 15.3. The van der Waals surface area contributed by atoms with Crippen LogP contribution in [0.3, 0.4) is 0 Å². The number of benzene rings is 9. The molecule has 1 atom stereocenters. The fourth-order valence-corrected chi connectivity index (χ4v) is 12.1. The van der Waals surface area contributed by atoms with Crippen LogP contribution in [0.4, 0.5) is 11.4 Å². The van der Waals surface area contributed by atoms with Crippen LogP contribution in [0, 0.1) is 0 Å². The molecule has 324 valence electrons. The van der Waals surface area contributed by atoms with Crippen LogP contribution in [0.1, 0.15) is 69.8 Å². The molecule has 68 heavy (non-hydrogen) atoms. The van der Waals surface area contributed by atoms with E-state index in [1.54, 1.807) is 0 Å². The van der Waals surface area contributed by atoms with E-state index in [2.05, 4.69) is 243 Å². The molecule has 0 aliphatic carbocycles. The van der Waals surface area contributed by atoms with Crippen molar-refractivity contribution in [3.05, 3.63) is 210 Å². The quantitative estimate of drug-likeness (QED) is 0.124. The Bertz CT molecular complexity index is 3970. The van der Waals surface area contributed by atoms with Gasteiger partial charge in [0.1, 0.15) is 5.69 Å². The summed E-state index contributed by atoms with van der Waals surface area (Å²) in [5, 5.41) is 10.5. The Balaban J connectivity index is 1.11. The average molecular weight is 874 g/mol. The van der Waals surface area contributed by atoms with E-state index in [4.69, 9.17) is 5.11 Å². The molecule has 5 heterocycles. The molecule has 4 nitrogen and oxygen atoms in total. The van der Waals surface area contributed by atoms with Crippen molar-refractivity contribution >= 4 is 72.8 Å². The molecular weight excluding hydrogens is 824 g/mol. The number of hydrogen-bond acceptors (Lipinski definition) is 1. The van der Waals surface area contributed by atoms with Gasteiger partial charge in [-0.15, -0.1) is 0 Å². The normalized spacial score (nSPS) is 14.8. The van der Waals surface area contributed by atoms with Crippen molar-refractivity contribution in [2.75, 3.05) is 0 Å². The molecule has 3 aliphatic heterocycles. The highest BCUT2D eigenvalue weighted by molar-refractivity contribution is 6.90. The Morgan fingerprint density at radius 3 is 1.97 bits per heavy atom. The largest absolute Gasteiger partial charge is 0.375 e. The van der Waals surface area contributed by atoms with Crippen LogP contribution >= 0.6 is 0 Å². The molecule has 3 aliphatic rings. The molecule has 5 heteroatoms. The van der Waals surface area contributed by atoms with Crippen LogP contribution in [0.5, 0.6) is 0 Å². The molecule has 9 aromatic carbocycles. The van der Waals surface area contributed by atoms with E-state index in [0.29, 0.717) is 0 Å². The number of rotatable bonds is 4. The molecule has 0 amide bonds. The average Bonchev–Trinajstić information content (AvgIpc) is 4.02. The zero-order valence-corrected chi connectivity index (χ0v) is 39.3. The molecule has 0 radical (unpaired) electrons. The third kappa shape index (κ3) is 5.44. The maximum atomic E-state index is 5.25. The lowest BCUT2D eigenvalue weighted by Crippen LogP contribution is -2.55. The van der Waals surface area contributed by atoms with Gasteiger partial charge in [-0.25, -0.2) is 0 Å². The topological polar surface area (TPSA) is 25.2 Å². The van der Waals surface area contributed by atoms with Crippen molar-refractivity contribution in [2.45, 2.75) is 58.4 Å². The summed E-state index contributed by atoms with van der Waals surface area (Å²) in [6.07, 6.45) is 0. The number of para-hydroxylation sites is 2. The fourth-order valence-electron chi connectivity index (χ4n) is 12.1. The molecule has 1 unspecified atom stereocenters. The van der Waals surface area contributed by atoms with Gasteiger partial charge in [-0.2, -0.15) is 0 Å². The Labute approximate surface area is 397 Å². The highest BCUT2D eigenvalue weighted by Gasteiger charge is 2.44. The van der Waals surface area contributed by atoms with Crippen molar-refractivity contribution < 1.29 is 4.70 Å². The molecule has 11 aromatic rings. The summed E-state index contributed by atoms with van der Waals surface area (Å²) in [7, 11) is 0. The van der Waals surface area contributed by atoms with Gasteiger partial charge in [0.25, 0.3) is 0 Å². The minimum Gasteiger partial charge on any atom is -0.375 e. The van der Waals surface area contributed by atoms with Gasteiger partial charge in [-0.1, -0.05) is 162 Å². The van der Waals surface area contributed by atoms with Gasteiger partial charge in [0.15, 0.2) is 0 Å². The molecular formula is C63H50BN4+. The second-order valence-electron chi connectivity index (χ2n) is 21.4. The lowest BCUT2D eigenvalue weighted by molar-refractivity contribution is -0.536. The summed E-state index contributed by atoms with van der Waals surface area (Å²) in [6, 6.07) is 70.7. The minimum absolute atomic E-state index is 0.000994. The minimum atomic E-state index is -0.0920. The molecule has 0 fully saturated rings. The number of fused-ring (bicyclic) bond motifs is 11. The van der Waals surface area contributed by atoms with Crippen molar-refractivity contribution in [1.29, 1.82) is 0 Å². The van der Waals surface area contributed by atoms with Gasteiger partial charge >= 0.3 is 6.85 Å². The van der Waals surface area contributed by atoms with Gasteiger partial charge < -0.3 is 9.05 Å². The highest BCUT2D eigenvalue weighted by Crippen LogP contribution is 2.51. The number of nitrogens with zero attached hydrogens (tertiary/aromatic N) is 4. The monoisotopic (exact) mass is 873 g/mol. The smallest absolute Gasteiger partial charge is 0.333 e. The predicted molar refractivity (Wildman–Crippen MR) is 285 cm³/mol. The Hall–Kier alpha value is -7.76. The summed E-state index contributed by atoms with van der Waals surface area (Å²) in [6.45, 7) is 14.0. The lowest BCUT2D eigenvalue weighted by Gasteiger charge is -2.37. The van der Waals surface area contributed by atoms with E-state index in [1.807, 2.05) is 0 Å². The first-order valence-corrected chi connectivity index (χ1v) is 24.2. The van der Waals surface area contributed by atoms with Crippen molar-refractivity contribution in [3.8, 4) is 39.1 Å².